The van der Waals surface area contributed by atoms with Gasteiger partial charge in [0.2, 0.25) is 0 Å². The fourth-order valence-electron chi connectivity index (χ4n) is 4.09. The molecule has 1 aromatic carbocycles. The van der Waals surface area contributed by atoms with Gasteiger partial charge in [-0.3, -0.25) is 9.63 Å². The van der Waals surface area contributed by atoms with Gasteiger partial charge in [0.05, 0.1) is 18.6 Å². The van der Waals surface area contributed by atoms with Crippen LogP contribution in [0.3, 0.4) is 0 Å². The first-order valence-electron chi connectivity index (χ1n) is 10.4. The van der Waals surface area contributed by atoms with Gasteiger partial charge in [-0.15, -0.1) is 0 Å². The lowest BCUT2D eigenvalue weighted by atomic mass is 9.80. The van der Waals surface area contributed by atoms with Crippen molar-refractivity contribution in [3.05, 3.63) is 41.6 Å². The Kier molecular flexibility index (Phi) is 6.57. The molecule has 1 aliphatic rings. The molecule has 0 unspecified atom stereocenters. The molecule has 3 rings (SSSR count). The van der Waals surface area contributed by atoms with Gasteiger partial charge in [-0.25, -0.2) is 5.06 Å². The summed E-state index contributed by atoms with van der Waals surface area (Å²) in [5.74, 6) is 0.118. The number of hydrogen-bond acceptors (Lipinski definition) is 3. The molecule has 0 radical (unpaired) electrons. The number of aromatic amines is 1. The molecule has 0 saturated heterocycles. The molecule has 0 saturated carbocycles. The summed E-state index contributed by atoms with van der Waals surface area (Å²) in [6, 6.07) is 6.38. The highest BCUT2D eigenvalue weighted by Crippen LogP contribution is 2.40. The molecule has 1 aromatic heterocycles. The van der Waals surface area contributed by atoms with Crippen LogP contribution in [0.5, 0.6) is 0 Å². The molecule has 1 heterocycles. The molecular formula is C23H33N3O2. The van der Waals surface area contributed by atoms with Crippen LogP contribution in [0.2, 0.25) is 0 Å². The first-order chi connectivity index (χ1) is 13.5. The van der Waals surface area contributed by atoms with E-state index in [1.165, 1.54) is 22.1 Å². The molecule has 2 atom stereocenters. The summed E-state index contributed by atoms with van der Waals surface area (Å²) in [4.78, 5) is 22.5. The lowest BCUT2D eigenvalue weighted by molar-refractivity contribution is -0.199. The van der Waals surface area contributed by atoms with Gasteiger partial charge < -0.3 is 10.3 Å². The quantitative estimate of drug-likeness (QED) is 0.673. The van der Waals surface area contributed by atoms with Crippen LogP contribution in [0.4, 0.5) is 0 Å². The number of hydroxylamine groups is 2. The van der Waals surface area contributed by atoms with E-state index in [2.05, 4.69) is 54.6 Å². The maximum absolute atomic E-state index is 13.3. The minimum atomic E-state index is -0.266. The van der Waals surface area contributed by atoms with E-state index >= 15 is 0 Å². The fraction of sp³-hybridized carbons (Fsp3) is 0.522. The molecule has 1 aliphatic carbocycles. The Morgan fingerprint density at radius 2 is 2.21 bits per heavy atom. The Hall–Kier alpha value is -2.11. The third kappa shape index (κ3) is 4.01. The second kappa shape index (κ2) is 8.93. The smallest absolute Gasteiger partial charge is 0.254 e. The zero-order valence-electron chi connectivity index (χ0n) is 17.7. The topological polar surface area (TPSA) is 57.4 Å². The Bertz CT molecular complexity index is 853. The third-order valence-electron chi connectivity index (χ3n) is 5.40. The zero-order chi connectivity index (χ0) is 20.3. The lowest BCUT2D eigenvalue weighted by Crippen LogP contribution is -2.43. The predicted molar refractivity (Wildman–Crippen MR) is 115 cm³/mol. The number of nitrogens with one attached hydrogen (secondary N) is 2. The Morgan fingerprint density at radius 3 is 2.89 bits per heavy atom. The summed E-state index contributed by atoms with van der Waals surface area (Å²) in [6.45, 7) is 9.42. The first-order valence-corrected chi connectivity index (χ1v) is 10.4. The number of nitrogens with zero attached hydrogens (tertiary/aromatic N) is 1. The number of hydrogen-bond donors (Lipinski definition) is 2. The lowest BCUT2D eigenvalue weighted by Gasteiger charge is -2.30. The van der Waals surface area contributed by atoms with Crippen molar-refractivity contribution in [2.75, 3.05) is 20.2 Å². The molecule has 0 aliphatic heterocycles. The van der Waals surface area contributed by atoms with Gasteiger partial charge in [-0.2, -0.15) is 0 Å². The van der Waals surface area contributed by atoms with Crippen LogP contribution in [0, 0.1) is 11.8 Å². The van der Waals surface area contributed by atoms with E-state index in [4.69, 9.17) is 4.84 Å². The van der Waals surface area contributed by atoms with Gasteiger partial charge in [0.15, 0.2) is 0 Å². The van der Waals surface area contributed by atoms with E-state index in [9.17, 15) is 4.79 Å². The molecule has 2 N–H and O–H groups in total. The van der Waals surface area contributed by atoms with Crippen LogP contribution in [0.15, 0.2) is 30.5 Å². The highest BCUT2D eigenvalue weighted by molar-refractivity contribution is 5.98. The number of rotatable bonds is 8. The second-order valence-corrected chi connectivity index (χ2v) is 8.02. The SMILES string of the molecule is CCCON(C(=O)[C@H](/C=C1/c2cccc3[nH]cc(c23)C[C@H]1C)CNC)C(C)C. The predicted octanol–water partition coefficient (Wildman–Crippen LogP) is 4.16. The second-order valence-electron chi connectivity index (χ2n) is 8.02. The Morgan fingerprint density at radius 1 is 1.43 bits per heavy atom. The molecule has 28 heavy (non-hydrogen) atoms. The highest BCUT2D eigenvalue weighted by atomic mass is 16.7. The van der Waals surface area contributed by atoms with Crippen LogP contribution >= 0.6 is 0 Å². The molecule has 152 valence electrons. The van der Waals surface area contributed by atoms with E-state index in [-0.39, 0.29) is 17.9 Å². The normalized spacial score (nSPS) is 18.8. The minimum Gasteiger partial charge on any atom is -0.361 e. The number of carbonyl (C=O) groups excluding carboxylic acids is 1. The third-order valence-corrected chi connectivity index (χ3v) is 5.40. The number of amides is 1. The first kappa shape index (κ1) is 20.6. The van der Waals surface area contributed by atoms with E-state index in [0.29, 0.717) is 19.1 Å². The average molecular weight is 384 g/mol. The summed E-state index contributed by atoms with van der Waals surface area (Å²) < 4.78 is 0. The highest BCUT2D eigenvalue weighted by Gasteiger charge is 2.29. The fourth-order valence-corrected chi connectivity index (χ4v) is 4.09. The number of H-pyrrole nitrogens is 1. The molecule has 5 nitrogen and oxygen atoms in total. The Balaban J connectivity index is 1.99. The molecule has 0 fully saturated rings. The monoisotopic (exact) mass is 383 g/mol. The maximum atomic E-state index is 13.3. The molecule has 2 aromatic rings. The van der Waals surface area contributed by atoms with Gasteiger partial charge >= 0.3 is 0 Å². The molecule has 0 bridgehead atoms. The van der Waals surface area contributed by atoms with Crippen LogP contribution in [-0.4, -0.2) is 42.2 Å². The number of benzene rings is 1. The summed E-state index contributed by atoms with van der Waals surface area (Å²) in [6.07, 6.45) is 6.16. The average Bonchev–Trinajstić information content (AvgIpc) is 3.08. The zero-order valence-corrected chi connectivity index (χ0v) is 17.7. The minimum absolute atomic E-state index is 0.000272. The van der Waals surface area contributed by atoms with Crippen LogP contribution in [-0.2, 0) is 16.1 Å². The number of allylic oxidation sites excluding steroid dienone is 1. The Labute approximate surface area is 168 Å². The van der Waals surface area contributed by atoms with Gasteiger partial charge in [0.1, 0.15) is 0 Å². The number of aromatic nitrogens is 1. The maximum Gasteiger partial charge on any atom is 0.254 e. The van der Waals surface area contributed by atoms with E-state index in [1.54, 1.807) is 5.06 Å². The van der Waals surface area contributed by atoms with Crippen molar-refractivity contribution in [3.8, 4) is 0 Å². The van der Waals surface area contributed by atoms with Crippen molar-refractivity contribution in [2.24, 2.45) is 11.8 Å². The van der Waals surface area contributed by atoms with Crippen LogP contribution in [0.25, 0.3) is 16.5 Å². The number of carbonyl (C=O) groups is 1. The van der Waals surface area contributed by atoms with Gasteiger partial charge in [-0.1, -0.05) is 32.1 Å². The molecule has 1 amide bonds. The summed E-state index contributed by atoms with van der Waals surface area (Å²) >= 11 is 0. The van der Waals surface area contributed by atoms with E-state index < -0.39 is 0 Å². The van der Waals surface area contributed by atoms with Crippen molar-refractivity contribution in [1.29, 1.82) is 0 Å². The standard InChI is InChI=1S/C23H33N3O2/c1-6-10-28-26(15(2)3)23(27)18(13-24-5)12-20-16(4)11-17-14-25-21-9-7-8-19(20)22(17)21/h7-9,12,14-16,18,24-25H,6,10-11,13H2,1-5H3/b20-12+/t16-,18-/m1/s1. The van der Waals surface area contributed by atoms with Gasteiger partial charge in [0, 0.05) is 23.6 Å². The van der Waals surface area contributed by atoms with Crippen molar-refractivity contribution in [1.82, 2.24) is 15.4 Å². The van der Waals surface area contributed by atoms with Crippen LogP contribution < -0.4 is 5.32 Å². The van der Waals surface area contributed by atoms with Crippen molar-refractivity contribution < 1.29 is 9.63 Å². The largest absolute Gasteiger partial charge is 0.361 e. The molecular weight excluding hydrogens is 350 g/mol. The summed E-state index contributed by atoms with van der Waals surface area (Å²) in [5, 5.41) is 6.04. The van der Waals surface area contributed by atoms with Crippen molar-refractivity contribution in [3.63, 3.8) is 0 Å². The van der Waals surface area contributed by atoms with E-state index in [1.807, 2.05) is 20.9 Å². The summed E-state index contributed by atoms with van der Waals surface area (Å²) in [5.41, 5.74) is 5.02. The van der Waals surface area contributed by atoms with Gasteiger partial charge in [0.25, 0.3) is 5.91 Å². The summed E-state index contributed by atoms with van der Waals surface area (Å²) in [7, 11) is 1.89. The molecule has 5 heteroatoms. The van der Waals surface area contributed by atoms with Gasteiger partial charge in [-0.05, 0) is 62.4 Å². The van der Waals surface area contributed by atoms with Crippen LogP contribution in [0.1, 0.15) is 45.2 Å². The van der Waals surface area contributed by atoms with Crippen molar-refractivity contribution >= 4 is 22.4 Å². The van der Waals surface area contributed by atoms with Crippen molar-refractivity contribution in [2.45, 2.75) is 46.6 Å². The van der Waals surface area contributed by atoms with E-state index in [0.717, 1.165) is 18.4 Å². The molecule has 0 spiro atoms.